The molecule has 0 saturated carbocycles. The second-order valence-electron chi connectivity index (χ2n) is 5.24. The van der Waals surface area contributed by atoms with E-state index < -0.39 is 0 Å². The topological polar surface area (TPSA) is 35.5 Å². The fraction of sp³-hybridized carbons (Fsp3) is 0.278. The molecule has 0 fully saturated rings. The fourth-order valence-electron chi connectivity index (χ4n) is 3.00. The molecule has 3 nitrogen and oxygen atoms in total. The Kier molecular flexibility index (Phi) is 4.12. The van der Waals surface area contributed by atoms with E-state index in [0.717, 1.165) is 22.4 Å². The van der Waals surface area contributed by atoms with Gasteiger partial charge in [0.15, 0.2) is 5.78 Å². The van der Waals surface area contributed by atoms with Gasteiger partial charge in [-0.2, -0.15) is 0 Å². The first-order valence-corrected chi connectivity index (χ1v) is 8.33. The van der Waals surface area contributed by atoms with Crippen molar-refractivity contribution in [3.63, 3.8) is 0 Å². The van der Waals surface area contributed by atoms with Gasteiger partial charge < -0.3 is 9.47 Å². The van der Waals surface area contributed by atoms with Gasteiger partial charge in [0.25, 0.3) is 0 Å². The SMILES string of the molecule is COc1cc(OC)c2c(c1)C(=O)CC2c1ccc(SC)cc1. The monoisotopic (exact) mass is 314 g/mol. The molecule has 0 N–H and O–H groups in total. The number of ether oxygens (including phenoxy) is 2. The summed E-state index contributed by atoms with van der Waals surface area (Å²) in [4.78, 5) is 13.6. The average molecular weight is 314 g/mol. The van der Waals surface area contributed by atoms with E-state index in [0.29, 0.717) is 12.2 Å². The van der Waals surface area contributed by atoms with Gasteiger partial charge in [-0.15, -0.1) is 11.8 Å². The maximum Gasteiger partial charge on any atom is 0.164 e. The number of rotatable bonds is 4. The van der Waals surface area contributed by atoms with Crippen molar-refractivity contribution >= 4 is 17.5 Å². The molecular weight excluding hydrogens is 296 g/mol. The Labute approximate surface area is 134 Å². The van der Waals surface area contributed by atoms with E-state index >= 15 is 0 Å². The number of hydrogen-bond acceptors (Lipinski definition) is 4. The summed E-state index contributed by atoms with van der Waals surface area (Å²) in [5.41, 5.74) is 2.84. The largest absolute Gasteiger partial charge is 0.497 e. The number of hydrogen-bond donors (Lipinski definition) is 0. The van der Waals surface area contributed by atoms with E-state index in [9.17, 15) is 4.79 Å². The van der Waals surface area contributed by atoms with Crippen molar-refractivity contribution in [1.82, 2.24) is 0 Å². The Morgan fingerprint density at radius 3 is 2.41 bits per heavy atom. The van der Waals surface area contributed by atoms with E-state index in [1.165, 1.54) is 4.90 Å². The molecule has 1 aliphatic carbocycles. The summed E-state index contributed by atoms with van der Waals surface area (Å²) in [6, 6.07) is 12.1. The molecule has 0 bridgehead atoms. The molecular formula is C18H18O3S. The summed E-state index contributed by atoms with van der Waals surface area (Å²) in [6.45, 7) is 0. The van der Waals surface area contributed by atoms with Gasteiger partial charge >= 0.3 is 0 Å². The number of carbonyl (C=O) groups is 1. The molecule has 0 heterocycles. The van der Waals surface area contributed by atoms with Gasteiger partial charge in [-0.25, -0.2) is 0 Å². The molecule has 0 radical (unpaired) electrons. The molecule has 1 aliphatic rings. The standard InChI is InChI=1S/C18H18O3S/c1-20-12-8-15-16(19)10-14(18(15)17(9-12)21-2)11-4-6-13(22-3)7-5-11/h4-9,14H,10H2,1-3H3. The summed E-state index contributed by atoms with van der Waals surface area (Å²) < 4.78 is 10.8. The first-order valence-electron chi connectivity index (χ1n) is 7.11. The molecule has 2 aromatic rings. The van der Waals surface area contributed by atoms with Gasteiger partial charge in [0.05, 0.1) is 14.2 Å². The van der Waals surface area contributed by atoms with Crippen molar-refractivity contribution < 1.29 is 14.3 Å². The molecule has 22 heavy (non-hydrogen) atoms. The van der Waals surface area contributed by atoms with Crippen molar-refractivity contribution in [3.8, 4) is 11.5 Å². The van der Waals surface area contributed by atoms with Crippen LogP contribution in [0, 0.1) is 0 Å². The fourth-order valence-corrected chi connectivity index (χ4v) is 3.40. The minimum absolute atomic E-state index is 0.0549. The molecule has 114 valence electrons. The molecule has 0 aliphatic heterocycles. The van der Waals surface area contributed by atoms with Crippen LogP contribution in [0.5, 0.6) is 11.5 Å². The van der Waals surface area contributed by atoms with E-state index in [-0.39, 0.29) is 11.7 Å². The third kappa shape index (κ3) is 2.48. The van der Waals surface area contributed by atoms with Crippen LogP contribution < -0.4 is 9.47 Å². The van der Waals surface area contributed by atoms with Crippen molar-refractivity contribution in [2.45, 2.75) is 17.2 Å². The summed E-state index contributed by atoms with van der Waals surface area (Å²) in [6.07, 6.45) is 2.54. The summed E-state index contributed by atoms with van der Waals surface area (Å²) in [7, 11) is 3.23. The predicted octanol–water partition coefficient (Wildman–Crippen LogP) is 4.14. The second-order valence-corrected chi connectivity index (χ2v) is 6.12. The van der Waals surface area contributed by atoms with Crippen LogP contribution in [0.3, 0.4) is 0 Å². The Morgan fingerprint density at radius 2 is 1.82 bits per heavy atom. The normalized spacial score (nSPS) is 16.5. The maximum atomic E-state index is 12.4. The number of carbonyl (C=O) groups excluding carboxylic acids is 1. The van der Waals surface area contributed by atoms with Crippen molar-refractivity contribution in [2.24, 2.45) is 0 Å². The van der Waals surface area contributed by atoms with Crippen LogP contribution in [0.1, 0.15) is 33.8 Å². The van der Waals surface area contributed by atoms with Gasteiger partial charge in [-0.1, -0.05) is 12.1 Å². The van der Waals surface area contributed by atoms with Crippen molar-refractivity contribution in [2.75, 3.05) is 20.5 Å². The zero-order valence-electron chi connectivity index (χ0n) is 12.9. The molecule has 0 aromatic heterocycles. The highest BCUT2D eigenvalue weighted by Gasteiger charge is 2.34. The first-order chi connectivity index (χ1) is 10.7. The minimum Gasteiger partial charge on any atom is -0.497 e. The molecule has 2 aromatic carbocycles. The molecule has 0 amide bonds. The predicted molar refractivity (Wildman–Crippen MR) is 88.6 cm³/mol. The first kappa shape index (κ1) is 15.0. The lowest BCUT2D eigenvalue weighted by Gasteiger charge is -2.16. The van der Waals surface area contributed by atoms with E-state index in [4.69, 9.17) is 9.47 Å². The summed E-state index contributed by atoms with van der Waals surface area (Å²) in [5, 5.41) is 0. The zero-order valence-corrected chi connectivity index (χ0v) is 13.7. The van der Waals surface area contributed by atoms with Crippen LogP contribution in [0.15, 0.2) is 41.3 Å². The van der Waals surface area contributed by atoms with E-state index in [1.54, 1.807) is 26.0 Å². The van der Waals surface area contributed by atoms with Crippen molar-refractivity contribution in [1.29, 1.82) is 0 Å². The van der Waals surface area contributed by atoms with Crippen LogP contribution in [0.2, 0.25) is 0 Å². The highest BCUT2D eigenvalue weighted by molar-refractivity contribution is 7.98. The van der Waals surface area contributed by atoms with Gasteiger partial charge in [0.1, 0.15) is 11.5 Å². The molecule has 0 spiro atoms. The number of fused-ring (bicyclic) bond motifs is 1. The van der Waals surface area contributed by atoms with Crippen LogP contribution in [-0.2, 0) is 0 Å². The number of ketones is 1. The quantitative estimate of drug-likeness (QED) is 0.794. The maximum absolute atomic E-state index is 12.4. The molecule has 4 heteroatoms. The van der Waals surface area contributed by atoms with Crippen LogP contribution >= 0.6 is 11.8 Å². The third-order valence-electron chi connectivity index (χ3n) is 4.13. The molecule has 0 saturated heterocycles. The van der Waals surface area contributed by atoms with Crippen LogP contribution in [0.4, 0.5) is 0 Å². The minimum atomic E-state index is 0.0549. The highest BCUT2D eigenvalue weighted by Crippen LogP contribution is 2.45. The van der Waals surface area contributed by atoms with Crippen LogP contribution in [0.25, 0.3) is 0 Å². The third-order valence-corrected chi connectivity index (χ3v) is 4.87. The number of Topliss-reactive ketones (excluding diaryl/α,β-unsaturated/α-hetero) is 1. The Morgan fingerprint density at radius 1 is 1.09 bits per heavy atom. The van der Waals surface area contributed by atoms with Crippen LogP contribution in [-0.4, -0.2) is 26.3 Å². The zero-order chi connectivity index (χ0) is 15.7. The van der Waals surface area contributed by atoms with E-state index in [1.807, 2.05) is 12.1 Å². The summed E-state index contributed by atoms with van der Waals surface area (Å²) >= 11 is 1.71. The second kappa shape index (κ2) is 6.05. The Bertz CT molecular complexity index is 707. The molecule has 1 unspecified atom stereocenters. The van der Waals surface area contributed by atoms with Gasteiger partial charge in [-0.05, 0) is 30.0 Å². The number of benzene rings is 2. The lowest BCUT2D eigenvalue weighted by atomic mass is 9.92. The Hall–Kier alpha value is -1.94. The molecule has 1 atom stereocenters. The van der Waals surface area contributed by atoms with Crippen molar-refractivity contribution in [3.05, 3.63) is 53.1 Å². The van der Waals surface area contributed by atoms with Gasteiger partial charge in [0, 0.05) is 34.4 Å². The smallest absolute Gasteiger partial charge is 0.164 e. The highest BCUT2D eigenvalue weighted by atomic mass is 32.2. The molecule has 3 rings (SSSR count). The summed E-state index contributed by atoms with van der Waals surface area (Å²) in [5.74, 6) is 1.58. The van der Waals surface area contributed by atoms with Gasteiger partial charge in [0.2, 0.25) is 0 Å². The average Bonchev–Trinajstić information content (AvgIpc) is 2.91. The van der Waals surface area contributed by atoms with E-state index in [2.05, 4.69) is 30.5 Å². The number of thioether (sulfide) groups is 1. The Balaban J connectivity index is 2.09. The van der Waals surface area contributed by atoms with Gasteiger partial charge in [-0.3, -0.25) is 4.79 Å². The lowest BCUT2D eigenvalue weighted by molar-refractivity contribution is 0.0991. The number of methoxy groups -OCH3 is 2. The lowest BCUT2D eigenvalue weighted by Crippen LogP contribution is -2.00.